The first-order chi connectivity index (χ1) is 10.2. The lowest BCUT2D eigenvalue weighted by molar-refractivity contribution is -0.274. The van der Waals surface area contributed by atoms with Gasteiger partial charge >= 0.3 is 6.36 Å². The molecule has 118 valence electrons. The van der Waals surface area contributed by atoms with Gasteiger partial charge in [-0.05, 0) is 24.3 Å². The van der Waals surface area contributed by atoms with Crippen LogP contribution in [-0.4, -0.2) is 28.6 Å². The molecule has 1 atom stereocenters. The van der Waals surface area contributed by atoms with E-state index in [2.05, 4.69) is 15.0 Å². The molecule has 0 aliphatic carbocycles. The average molecular weight is 333 g/mol. The summed E-state index contributed by atoms with van der Waals surface area (Å²) in [5, 5.41) is 1.90. The first kappa shape index (κ1) is 16.1. The number of anilines is 1. The SMILES string of the molecule is NC1=NC(=O)[C@H](CC(=O)Nc2ccc(OC(F)(F)F)cc2)S1. The van der Waals surface area contributed by atoms with Crippen molar-refractivity contribution in [2.24, 2.45) is 10.7 Å². The highest BCUT2D eigenvalue weighted by Gasteiger charge is 2.31. The summed E-state index contributed by atoms with van der Waals surface area (Å²) in [4.78, 5) is 26.6. The molecule has 22 heavy (non-hydrogen) atoms. The van der Waals surface area contributed by atoms with Gasteiger partial charge in [0.25, 0.3) is 5.91 Å². The van der Waals surface area contributed by atoms with Gasteiger partial charge in [-0.2, -0.15) is 4.99 Å². The second kappa shape index (κ2) is 6.26. The van der Waals surface area contributed by atoms with Gasteiger partial charge < -0.3 is 15.8 Å². The molecule has 2 amide bonds. The maximum Gasteiger partial charge on any atom is 0.573 e. The number of rotatable bonds is 4. The van der Waals surface area contributed by atoms with E-state index in [4.69, 9.17) is 5.73 Å². The number of amides is 2. The van der Waals surface area contributed by atoms with Crippen molar-refractivity contribution < 1.29 is 27.5 Å². The van der Waals surface area contributed by atoms with Crippen LogP contribution in [0.15, 0.2) is 29.3 Å². The van der Waals surface area contributed by atoms with Gasteiger partial charge in [-0.25, -0.2) is 0 Å². The number of nitrogens with two attached hydrogens (primary N) is 1. The molecule has 0 aromatic heterocycles. The second-order valence-electron chi connectivity index (χ2n) is 4.22. The maximum absolute atomic E-state index is 12.0. The molecule has 6 nitrogen and oxygen atoms in total. The van der Waals surface area contributed by atoms with Gasteiger partial charge in [-0.3, -0.25) is 9.59 Å². The van der Waals surface area contributed by atoms with Crippen molar-refractivity contribution in [2.75, 3.05) is 5.32 Å². The quantitative estimate of drug-likeness (QED) is 0.877. The normalized spacial score (nSPS) is 18.0. The molecule has 1 aliphatic heterocycles. The third-order valence-corrected chi connectivity index (χ3v) is 3.49. The summed E-state index contributed by atoms with van der Waals surface area (Å²) in [6, 6.07) is 4.65. The van der Waals surface area contributed by atoms with E-state index in [0.717, 1.165) is 23.9 Å². The van der Waals surface area contributed by atoms with Gasteiger partial charge in [-0.1, -0.05) is 11.8 Å². The zero-order valence-corrected chi connectivity index (χ0v) is 11.7. The summed E-state index contributed by atoms with van der Waals surface area (Å²) in [5.74, 6) is -1.35. The van der Waals surface area contributed by atoms with Gasteiger partial charge in [0.05, 0.1) is 0 Å². The lowest BCUT2D eigenvalue weighted by atomic mass is 10.2. The first-order valence-corrected chi connectivity index (χ1v) is 6.81. The fourth-order valence-corrected chi connectivity index (χ4v) is 2.47. The molecular formula is C12H10F3N3O3S. The number of hydrogen-bond acceptors (Lipinski definition) is 5. The van der Waals surface area contributed by atoms with Crippen LogP contribution in [0.25, 0.3) is 0 Å². The van der Waals surface area contributed by atoms with E-state index in [1.807, 2.05) is 0 Å². The molecule has 1 aromatic carbocycles. The number of alkyl halides is 3. The van der Waals surface area contributed by atoms with Crippen LogP contribution in [0.2, 0.25) is 0 Å². The predicted molar refractivity (Wildman–Crippen MR) is 74.4 cm³/mol. The van der Waals surface area contributed by atoms with E-state index in [0.29, 0.717) is 0 Å². The molecular weight excluding hydrogens is 323 g/mol. The van der Waals surface area contributed by atoms with Crippen LogP contribution in [0.1, 0.15) is 6.42 Å². The van der Waals surface area contributed by atoms with Crippen molar-refractivity contribution in [2.45, 2.75) is 18.0 Å². The van der Waals surface area contributed by atoms with Crippen LogP contribution < -0.4 is 15.8 Å². The average Bonchev–Trinajstić information content (AvgIpc) is 2.68. The van der Waals surface area contributed by atoms with Crippen molar-refractivity contribution >= 4 is 34.4 Å². The molecule has 3 N–H and O–H groups in total. The molecule has 1 heterocycles. The molecule has 1 aliphatic rings. The number of halogens is 3. The summed E-state index contributed by atoms with van der Waals surface area (Å²) in [6.45, 7) is 0. The van der Waals surface area contributed by atoms with Gasteiger partial charge in [0, 0.05) is 12.1 Å². The summed E-state index contributed by atoms with van der Waals surface area (Å²) >= 11 is 0.994. The number of aliphatic imine (C=N–C) groups is 1. The van der Waals surface area contributed by atoms with Crippen LogP contribution in [0.3, 0.4) is 0 Å². The van der Waals surface area contributed by atoms with Crippen LogP contribution >= 0.6 is 11.8 Å². The maximum atomic E-state index is 12.0. The minimum atomic E-state index is -4.77. The smallest absolute Gasteiger partial charge is 0.406 e. The minimum Gasteiger partial charge on any atom is -0.406 e. The zero-order valence-electron chi connectivity index (χ0n) is 10.9. The van der Waals surface area contributed by atoms with E-state index in [1.165, 1.54) is 12.1 Å². The van der Waals surface area contributed by atoms with E-state index in [1.54, 1.807) is 0 Å². The summed E-state index contributed by atoms with van der Waals surface area (Å²) < 4.78 is 39.7. The number of benzene rings is 1. The van der Waals surface area contributed by atoms with Crippen LogP contribution in [-0.2, 0) is 9.59 Å². The molecule has 0 saturated carbocycles. The molecule has 10 heteroatoms. The molecule has 2 rings (SSSR count). The summed E-state index contributed by atoms with van der Waals surface area (Å²) in [5.41, 5.74) is 5.65. The van der Waals surface area contributed by atoms with Crippen molar-refractivity contribution in [3.8, 4) is 5.75 Å². The first-order valence-electron chi connectivity index (χ1n) is 5.93. The molecule has 1 aromatic rings. The van der Waals surface area contributed by atoms with Gasteiger partial charge in [0.15, 0.2) is 5.17 Å². The third-order valence-electron chi connectivity index (χ3n) is 2.50. The Morgan fingerprint density at radius 2 is 2.00 bits per heavy atom. The predicted octanol–water partition coefficient (Wildman–Crippen LogP) is 1.87. The van der Waals surface area contributed by atoms with Crippen LogP contribution in [0.5, 0.6) is 5.75 Å². The summed E-state index contributed by atoms with van der Waals surface area (Å²) in [6.07, 6.45) is -4.90. The standard InChI is InChI=1S/C12H10F3N3O3S/c13-12(14,15)21-7-3-1-6(2-4-7)17-9(19)5-8-10(20)18-11(16)22-8/h1-4,8H,5H2,(H,17,19)(H2,16,18,20)/t8-/m0/s1. The number of nitrogens with one attached hydrogen (secondary N) is 1. The molecule has 0 bridgehead atoms. The largest absolute Gasteiger partial charge is 0.573 e. The Hall–Kier alpha value is -2.23. The molecule has 0 radical (unpaired) electrons. The van der Waals surface area contributed by atoms with Crippen LogP contribution in [0.4, 0.5) is 18.9 Å². The fourth-order valence-electron chi connectivity index (χ4n) is 1.65. The monoisotopic (exact) mass is 333 g/mol. The lowest BCUT2D eigenvalue weighted by Crippen LogP contribution is -2.21. The number of thioether (sulfide) groups is 1. The van der Waals surface area contributed by atoms with Gasteiger partial charge in [-0.15, -0.1) is 13.2 Å². The number of carbonyl (C=O) groups excluding carboxylic acids is 2. The van der Waals surface area contributed by atoms with E-state index in [9.17, 15) is 22.8 Å². The topological polar surface area (TPSA) is 93.8 Å². The molecule has 0 saturated heterocycles. The Morgan fingerprint density at radius 1 is 1.36 bits per heavy atom. The van der Waals surface area contributed by atoms with Gasteiger partial charge in [0.1, 0.15) is 11.0 Å². The zero-order chi connectivity index (χ0) is 16.3. The lowest BCUT2D eigenvalue weighted by Gasteiger charge is -2.10. The van der Waals surface area contributed by atoms with Crippen molar-refractivity contribution in [1.82, 2.24) is 0 Å². The van der Waals surface area contributed by atoms with Crippen molar-refractivity contribution in [3.05, 3.63) is 24.3 Å². The number of amidine groups is 1. The van der Waals surface area contributed by atoms with Crippen LogP contribution in [0, 0.1) is 0 Å². The fraction of sp³-hybridized carbons (Fsp3) is 0.250. The van der Waals surface area contributed by atoms with Gasteiger partial charge in [0.2, 0.25) is 5.91 Å². The van der Waals surface area contributed by atoms with Crippen molar-refractivity contribution in [3.63, 3.8) is 0 Å². The highest BCUT2D eigenvalue weighted by atomic mass is 32.2. The number of hydrogen-bond donors (Lipinski definition) is 2. The highest BCUT2D eigenvalue weighted by Crippen LogP contribution is 2.25. The molecule has 0 fully saturated rings. The third kappa shape index (κ3) is 4.65. The van der Waals surface area contributed by atoms with E-state index >= 15 is 0 Å². The Kier molecular flexibility index (Phi) is 4.59. The Bertz CT molecular complexity index is 616. The van der Waals surface area contributed by atoms with E-state index < -0.39 is 29.2 Å². The number of nitrogens with zero attached hydrogens (tertiary/aromatic N) is 1. The van der Waals surface area contributed by atoms with Crippen molar-refractivity contribution in [1.29, 1.82) is 0 Å². The minimum absolute atomic E-state index is 0.108. The Labute approximate surface area is 126 Å². The van der Waals surface area contributed by atoms with E-state index in [-0.39, 0.29) is 17.3 Å². The molecule has 0 unspecified atom stereocenters. The Balaban J connectivity index is 1.88. The number of carbonyl (C=O) groups is 2. The summed E-state index contributed by atoms with van der Waals surface area (Å²) in [7, 11) is 0. The Morgan fingerprint density at radius 3 is 2.50 bits per heavy atom. The highest BCUT2D eigenvalue weighted by molar-refractivity contribution is 8.15. The molecule has 0 spiro atoms. The second-order valence-corrected chi connectivity index (χ2v) is 5.44. The number of ether oxygens (including phenoxy) is 1.